The van der Waals surface area contributed by atoms with E-state index in [4.69, 9.17) is 4.74 Å². The van der Waals surface area contributed by atoms with Crippen LogP contribution in [0.15, 0.2) is 41.6 Å². The zero-order valence-corrected chi connectivity index (χ0v) is 23.5. The summed E-state index contributed by atoms with van der Waals surface area (Å²) >= 11 is 0. The van der Waals surface area contributed by atoms with E-state index in [-0.39, 0.29) is 35.3 Å². The minimum atomic E-state index is -3.89. The molecule has 40 heavy (non-hydrogen) atoms. The molecule has 3 aliphatic heterocycles. The van der Waals surface area contributed by atoms with Crippen molar-refractivity contribution in [3.63, 3.8) is 0 Å². The number of ether oxygens (including phenoxy) is 1. The smallest absolute Gasteiger partial charge is 0.263 e. The second kappa shape index (κ2) is 10.2. The fourth-order valence-corrected chi connectivity index (χ4v) is 6.37. The highest BCUT2D eigenvalue weighted by atomic mass is 32.2. The summed E-state index contributed by atoms with van der Waals surface area (Å²) in [6.07, 6.45) is 5.89. The number of nitrogens with one attached hydrogen (secondary N) is 2. The maximum absolute atomic E-state index is 13.1. The molecule has 0 unspecified atom stereocenters. The van der Waals surface area contributed by atoms with E-state index in [0.717, 1.165) is 48.2 Å². The van der Waals surface area contributed by atoms with E-state index in [1.807, 2.05) is 36.7 Å². The molecular weight excluding hydrogens is 532 g/mol. The molecule has 210 valence electrons. The van der Waals surface area contributed by atoms with Crippen LogP contribution in [0.2, 0.25) is 0 Å². The van der Waals surface area contributed by atoms with Crippen LogP contribution in [0.3, 0.4) is 0 Å². The van der Waals surface area contributed by atoms with Crippen molar-refractivity contribution in [2.24, 2.45) is 0 Å². The van der Waals surface area contributed by atoms with Crippen LogP contribution in [-0.2, 0) is 23.0 Å². The molecule has 1 amide bonds. The number of hydrogen-bond acceptors (Lipinski definition) is 9. The third-order valence-electron chi connectivity index (χ3n) is 7.49. The number of likely N-dealkylation sites (tertiary alicyclic amines) is 1. The molecule has 0 spiro atoms. The van der Waals surface area contributed by atoms with Gasteiger partial charge in [0.1, 0.15) is 6.10 Å². The van der Waals surface area contributed by atoms with Crippen LogP contribution in [0, 0.1) is 13.8 Å². The number of fused-ring (bicyclic) bond motifs is 1. The van der Waals surface area contributed by atoms with Crippen LogP contribution in [0.5, 0.6) is 5.88 Å². The van der Waals surface area contributed by atoms with Gasteiger partial charge in [0.25, 0.3) is 15.9 Å². The normalized spacial score (nSPS) is 17.3. The molecule has 1 aromatic carbocycles. The molecule has 3 aliphatic rings. The fraction of sp³-hybridized carbons (Fsp3) is 0.407. The van der Waals surface area contributed by atoms with Crippen molar-refractivity contribution in [1.29, 1.82) is 0 Å². The number of amides is 1. The quantitative estimate of drug-likeness (QED) is 0.443. The predicted octanol–water partition coefficient (Wildman–Crippen LogP) is 2.23. The fourth-order valence-electron chi connectivity index (χ4n) is 5.36. The third kappa shape index (κ3) is 5.02. The molecule has 3 aromatic rings. The van der Waals surface area contributed by atoms with Gasteiger partial charge in [0.05, 0.1) is 47.7 Å². The summed E-state index contributed by atoms with van der Waals surface area (Å²) in [7, 11) is -2.17. The van der Waals surface area contributed by atoms with Crippen molar-refractivity contribution < 1.29 is 17.9 Å². The Hall–Kier alpha value is -3.97. The Balaban J connectivity index is 1.23. The van der Waals surface area contributed by atoms with Gasteiger partial charge in [0.2, 0.25) is 11.8 Å². The first-order chi connectivity index (χ1) is 19.2. The van der Waals surface area contributed by atoms with Crippen molar-refractivity contribution in [2.75, 3.05) is 31.4 Å². The minimum absolute atomic E-state index is 0.0428. The van der Waals surface area contributed by atoms with E-state index in [1.54, 1.807) is 29.2 Å². The van der Waals surface area contributed by atoms with E-state index < -0.39 is 10.0 Å². The highest BCUT2D eigenvalue weighted by molar-refractivity contribution is 7.96. The van der Waals surface area contributed by atoms with Gasteiger partial charge >= 0.3 is 0 Å². The van der Waals surface area contributed by atoms with Gasteiger partial charge in [-0.15, -0.1) is 0 Å². The van der Waals surface area contributed by atoms with Gasteiger partial charge in [0, 0.05) is 31.4 Å². The summed E-state index contributed by atoms with van der Waals surface area (Å²) in [5.74, 6) is 0.115. The van der Waals surface area contributed by atoms with E-state index in [2.05, 4.69) is 25.2 Å². The van der Waals surface area contributed by atoms with Crippen LogP contribution in [-0.4, -0.2) is 76.8 Å². The Morgan fingerprint density at radius 3 is 2.65 bits per heavy atom. The van der Waals surface area contributed by atoms with Crippen LogP contribution in [0.4, 0.5) is 5.95 Å². The Labute approximate surface area is 233 Å². The lowest BCUT2D eigenvalue weighted by Crippen LogP contribution is -2.56. The molecule has 1 fully saturated rings. The Kier molecular flexibility index (Phi) is 6.70. The van der Waals surface area contributed by atoms with Crippen molar-refractivity contribution >= 4 is 21.9 Å². The van der Waals surface area contributed by atoms with Gasteiger partial charge in [-0.05, 0) is 44.2 Å². The van der Waals surface area contributed by atoms with Gasteiger partial charge in [-0.2, -0.15) is 10.1 Å². The van der Waals surface area contributed by atoms with E-state index in [9.17, 15) is 13.2 Å². The summed E-state index contributed by atoms with van der Waals surface area (Å²) in [5.41, 5.74) is 8.01. The van der Waals surface area contributed by atoms with Gasteiger partial charge in [0.15, 0.2) is 0 Å². The third-order valence-corrected chi connectivity index (χ3v) is 8.88. The lowest BCUT2D eigenvalue weighted by atomic mass is 10.00. The van der Waals surface area contributed by atoms with Crippen molar-refractivity contribution in [3.05, 3.63) is 64.0 Å². The van der Waals surface area contributed by atoms with Gasteiger partial charge in [-0.1, -0.05) is 18.2 Å². The Morgan fingerprint density at radius 1 is 1.15 bits per heavy atom. The van der Waals surface area contributed by atoms with Gasteiger partial charge in [-0.3, -0.25) is 9.48 Å². The molecule has 0 aliphatic carbocycles. The highest BCUT2D eigenvalue weighted by Gasteiger charge is 2.35. The number of aromatic nitrogens is 4. The highest BCUT2D eigenvalue weighted by Crippen LogP contribution is 2.31. The molecule has 0 bridgehead atoms. The number of nitrogens with zero attached hydrogens (tertiary/aromatic N) is 6. The summed E-state index contributed by atoms with van der Waals surface area (Å²) in [6.45, 7) is 5.77. The molecule has 0 atom stereocenters. The Morgan fingerprint density at radius 2 is 1.93 bits per heavy atom. The number of carbonyl (C=O) groups is 1. The average molecular weight is 565 g/mol. The zero-order valence-electron chi connectivity index (χ0n) is 22.7. The topological polar surface area (TPSA) is 135 Å². The maximum Gasteiger partial charge on any atom is 0.263 e. The molecule has 12 nitrogen and oxygen atoms in total. The Bertz CT molecular complexity index is 1590. The number of hydrazine groups is 1. The van der Waals surface area contributed by atoms with E-state index >= 15 is 0 Å². The molecule has 5 heterocycles. The van der Waals surface area contributed by atoms with Crippen molar-refractivity contribution in [2.45, 2.75) is 45.8 Å². The number of hydrogen-bond donors (Lipinski definition) is 2. The molecule has 2 aromatic heterocycles. The summed E-state index contributed by atoms with van der Waals surface area (Å²) in [4.78, 5) is 24.0. The van der Waals surface area contributed by atoms with Crippen LogP contribution < -0.4 is 14.9 Å². The van der Waals surface area contributed by atoms with E-state index in [0.29, 0.717) is 24.3 Å². The van der Waals surface area contributed by atoms with Gasteiger partial charge < -0.3 is 14.6 Å². The number of carbonyl (C=O) groups excluding carboxylic acids is 1. The summed E-state index contributed by atoms with van der Waals surface area (Å²) in [5, 5.41) is 5.97. The van der Waals surface area contributed by atoms with Crippen molar-refractivity contribution in [1.82, 2.24) is 35.1 Å². The monoisotopic (exact) mass is 564 g/mol. The first-order valence-corrected chi connectivity index (χ1v) is 14.8. The van der Waals surface area contributed by atoms with Crippen LogP contribution >= 0.6 is 0 Å². The van der Waals surface area contributed by atoms with Gasteiger partial charge in [-0.25, -0.2) is 23.5 Å². The lowest BCUT2D eigenvalue weighted by molar-refractivity contribution is 0.0159. The second-order valence-corrected chi connectivity index (χ2v) is 12.2. The molecule has 0 radical (unpaired) electrons. The molecule has 13 heteroatoms. The molecule has 0 saturated carbocycles. The largest absolute Gasteiger partial charge is 0.470 e. The minimum Gasteiger partial charge on any atom is -0.470 e. The summed E-state index contributed by atoms with van der Waals surface area (Å²) < 4.78 is 36.7. The molecule has 6 rings (SSSR count). The summed E-state index contributed by atoms with van der Waals surface area (Å²) in [6, 6.07) is 7.63. The standard InChI is InChI=1S/C27H32N8O4S/c1-17-7-6-8-18(2)25(17)22-11-24(31-27(30-22)32-40(37,38)20-12-28-33(3)16-20)39-19-14-34(15-19)26(36)21-13-29-35-10-5-4-9-23(21)35/h6-8,11,13,16,19,28H,4-5,9-10,12,14-15H2,1-3H3,(H,30,31,32). The average Bonchev–Trinajstić information content (AvgIpc) is 3.52. The molecule has 2 N–H and O–H groups in total. The number of anilines is 1. The van der Waals surface area contributed by atoms with Crippen LogP contribution in [0.25, 0.3) is 11.3 Å². The SMILES string of the molecule is Cc1cccc(C)c1-c1cc(OC2CN(C(=O)c3cnn4c3CCCC4)C2)nc(NS(=O)(=O)C2=CN(C)NC2)n1. The molecular formula is C27H32N8O4S. The first kappa shape index (κ1) is 26.3. The number of sulfonamides is 1. The number of rotatable bonds is 7. The molecule has 1 saturated heterocycles. The van der Waals surface area contributed by atoms with E-state index in [1.165, 1.54) is 6.20 Å². The number of aryl methyl sites for hydroxylation is 3. The van der Waals surface area contributed by atoms with Crippen molar-refractivity contribution in [3.8, 4) is 17.1 Å². The predicted molar refractivity (Wildman–Crippen MR) is 149 cm³/mol. The second-order valence-electron chi connectivity index (χ2n) is 10.5. The lowest BCUT2D eigenvalue weighted by Gasteiger charge is -2.38. The zero-order chi connectivity index (χ0) is 28.0. The van der Waals surface area contributed by atoms with Crippen LogP contribution in [0.1, 0.15) is 40.0 Å². The number of benzene rings is 1. The maximum atomic E-state index is 13.1. The first-order valence-electron chi connectivity index (χ1n) is 13.3.